The molecule has 0 fully saturated rings. The van der Waals surface area contributed by atoms with Crippen molar-refractivity contribution in [2.75, 3.05) is 4.90 Å². The first-order valence-electron chi connectivity index (χ1n) is 29.5. The Morgan fingerprint density at radius 3 is 1.45 bits per heavy atom. The number of aromatic nitrogens is 2. The van der Waals surface area contributed by atoms with Crippen molar-refractivity contribution in [2.24, 2.45) is 11.8 Å². The van der Waals surface area contributed by atoms with Crippen molar-refractivity contribution in [3.05, 3.63) is 283 Å². The van der Waals surface area contributed by atoms with E-state index in [4.69, 9.17) is 0 Å². The molecule has 16 rings (SSSR count). The first-order valence-corrected chi connectivity index (χ1v) is 33.5. The molecule has 3 unspecified atom stereocenters. The van der Waals surface area contributed by atoms with Crippen molar-refractivity contribution in [2.45, 2.75) is 58.8 Å². The number of nitrogens with zero attached hydrogens (tertiary/aromatic N) is 3. The van der Waals surface area contributed by atoms with E-state index in [1.54, 1.807) is 0 Å². The average Bonchev–Trinajstić information content (AvgIpc) is 2.07. The van der Waals surface area contributed by atoms with Gasteiger partial charge in [-0.3, -0.25) is 0 Å². The Morgan fingerprint density at radius 1 is 0.390 bits per heavy atom. The van der Waals surface area contributed by atoms with Crippen molar-refractivity contribution >= 4 is 107 Å². The van der Waals surface area contributed by atoms with Crippen molar-refractivity contribution < 1.29 is 0 Å². The Morgan fingerprint density at radius 2 is 0.878 bits per heavy atom. The SMILES string of the molecule is CC(C)(C)c1ccc2c(c1)c1cc(C(C)(C)C)ccc1n2-c1ccc2c(c1)[Si](c1ccccc1)(c1ccccc1)c1cccc3c1N2C1=C(C=CC2CC=CC12)[Si]3(c1ccccc1)c1cccc(-n2c3ccccc3c3ccccc32)c1. The molecule has 3 nitrogen and oxygen atoms in total. The monoisotopic (exact) mass is 1090 g/mol. The van der Waals surface area contributed by atoms with E-state index in [0.29, 0.717) is 5.92 Å². The van der Waals surface area contributed by atoms with Crippen LogP contribution in [0.15, 0.2) is 272 Å². The van der Waals surface area contributed by atoms with E-state index in [0.717, 1.165) is 6.42 Å². The van der Waals surface area contributed by atoms with Gasteiger partial charge in [-0.2, -0.15) is 0 Å². The van der Waals surface area contributed by atoms with Crippen molar-refractivity contribution in [1.82, 2.24) is 9.13 Å². The lowest BCUT2D eigenvalue weighted by Crippen LogP contribution is -2.80. The second kappa shape index (κ2) is 17.9. The van der Waals surface area contributed by atoms with Crippen molar-refractivity contribution in [1.29, 1.82) is 0 Å². The van der Waals surface area contributed by atoms with E-state index in [1.165, 1.54) is 125 Å². The van der Waals surface area contributed by atoms with Crippen LogP contribution in [-0.4, -0.2) is 25.3 Å². The van der Waals surface area contributed by atoms with Gasteiger partial charge in [-0.1, -0.05) is 236 Å². The Balaban J connectivity index is 1.04. The fourth-order valence-corrected chi connectivity index (χ4v) is 25.9. The summed E-state index contributed by atoms with van der Waals surface area (Å²) < 4.78 is 5.10. The summed E-state index contributed by atoms with van der Waals surface area (Å²) in [5.74, 6) is 0.557. The minimum atomic E-state index is -3.24. The molecule has 0 amide bonds. The number of fused-ring (bicyclic) bond motifs is 11. The second-order valence-electron chi connectivity index (χ2n) is 25.6. The van der Waals surface area contributed by atoms with Gasteiger partial charge in [-0.15, -0.1) is 0 Å². The normalized spacial score (nSPS) is 18.8. The summed E-state index contributed by atoms with van der Waals surface area (Å²) in [6, 6.07) is 92.5. The van der Waals surface area contributed by atoms with E-state index in [1.807, 2.05) is 0 Å². The second-order valence-corrected chi connectivity index (χ2v) is 33.0. The number of benzene rings is 10. The fraction of sp³-hybridized carbons (Fsp3) is 0.143. The Bertz CT molecular complexity index is 4530. The summed E-state index contributed by atoms with van der Waals surface area (Å²) >= 11 is 0. The number of anilines is 2. The molecule has 2 aliphatic carbocycles. The molecule has 12 aromatic rings. The summed E-state index contributed by atoms with van der Waals surface area (Å²) in [4.78, 5) is 2.83. The smallest absolute Gasteiger partial charge is 0.184 e. The summed E-state index contributed by atoms with van der Waals surface area (Å²) in [5, 5.41) is 16.5. The minimum Gasteiger partial charge on any atom is -0.314 e. The topological polar surface area (TPSA) is 13.1 Å². The standard InChI is InChI=1S/C77H65N3Si2/c1-76(2,3)52-40-43-67-63(47-52)64-48-53(77(4,5)6)41-44-68(64)79(67)55-42-45-69-73(50-55)81(56-25-10-7-11-26-56,57-27-12-8-13-28-57)70-37-22-38-71-75(70)80(69)74-60-34-20-23-51(60)39-46-72(74)82(71,58-29-14-9-15-30-58)59-31-21-24-54(49-59)78-65-35-18-16-32-61(65)62-33-17-19-36-66(62)78/h7-22,24-51,60H,23H2,1-6H3. The molecule has 4 aliphatic rings. The van der Waals surface area contributed by atoms with E-state index in [2.05, 4.69) is 316 Å². The van der Waals surface area contributed by atoms with Gasteiger partial charge in [0.1, 0.15) is 0 Å². The first-order chi connectivity index (χ1) is 40.0. The molecule has 0 spiro atoms. The third-order valence-electron chi connectivity index (χ3n) is 19.1. The van der Waals surface area contributed by atoms with Gasteiger partial charge in [-0.05, 0) is 143 Å². The molecule has 5 heteroatoms. The van der Waals surface area contributed by atoms with Crippen LogP contribution in [-0.2, 0) is 10.8 Å². The van der Waals surface area contributed by atoms with E-state index >= 15 is 0 Å². The molecule has 0 bridgehead atoms. The van der Waals surface area contributed by atoms with E-state index < -0.39 is 16.1 Å². The molecule has 10 aromatic carbocycles. The van der Waals surface area contributed by atoms with Crippen LogP contribution in [0.25, 0.3) is 55.0 Å². The lowest BCUT2D eigenvalue weighted by molar-refractivity contribution is 0.558. The quantitative estimate of drug-likeness (QED) is 0.119. The van der Waals surface area contributed by atoms with Gasteiger partial charge in [0.15, 0.2) is 16.1 Å². The van der Waals surface area contributed by atoms with Crippen LogP contribution in [0, 0.1) is 11.8 Å². The Kier molecular flexibility index (Phi) is 10.7. The largest absolute Gasteiger partial charge is 0.314 e. The number of rotatable bonds is 6. The van der Waals surface area contributed by atoms with Gasteiger partial charge in [0.25, 0.3) is 0 Å². The lowest BCUT2D eigenvalue weighted by atomic mass is 9.85. The van der Waals surface area contributed by atoms with Crippen LogP contribution < -0.4 is 41.2 Å². The zero-order valence-electron chi connectivity index (χ0n) is 47.5. The molecular weight excluding hydrogens is 1020 g/mol. The molecular formula is C77H65N3Si2. The summed E-state index contributed by atoms with van der Waals surface area (Å²) in [6.07, 6.45) is 11.3. The zero-order chi connectivity index (χ0) is 55.3. The maximum Gasteiger partial charge on any atom is 0.184 e. The zero-order valence-corrected chi connectivity index (χ0v) is 49.5. The van der Waals surface area contributed by atoms with Crippen LogP contribution in [0.5, 0.6) is 0 Å². The Hall–Kier alpha value is -8.75. The summed E-state index contributed by atoms with van der Waals surface area (Å²) in [7, 11) is -6.47. The van der Waals surface area contributed by atoms with Gasteiger partial charge in [0, 0.05) is 55.9 Å². The third kappa shape index (κ3) is 6.81. The highest BCUT2D eigenvalue weighted by Gasteiger charge is 2.58. The number of hydrogen-bond donors (Lipinski definition) is 0. The van der Waals surface area contributed by atoms with E-state index in [9.17, 15) is 0 Å². The summed E-state index contributed by atoms with van der Waals surface area (Å²) in [6.45, 7) is 14.0. The van der Waals surface area contributed by atoms with Crippen LogP contribution in [0.4, 0.5) is 11.4 Å². The molecule has 0 saturated heterocycles. The van der Waals surface area contributed by atoms with Crippen LogP contribution in [0.1, 0.15) is 59.1 Å². The molecule has 2 aliphatic heterocycles. The highest BCUT2D eigenvalue weighted by molar-refractivity contribution is 7.23. The van der Waals surface area contributed by atoms with Gasteiger partial charge >= 0.3 is 0 Å². The maximum absolute atomic E-state index is 3.24. The first kappa shape index (κ1) is 49.1. The minimum absolute atomic E-state index is 0.00120. The number of hydrogen-bond acceptors (Lipinski definition) is 1. The Labute approximate surface area is 483 Å². The van der Waals surface area contributed by atoms with Gasteiger partial charge < -0.3 is 14.0 Å². The lowest BCUT2D eigenvalue weighted by Gasteiger charge is -2.54. The highest BCUT2D eigenvalue weighted by Crippen LogP contribution is 2.51. The predicted molar refractivity (Wildman–Crippen MR) is 353 cm³/mol. The summed E-state index contributed by atoms with van der Waals surface area (Å²) in [5.41, 5.74) is 14.1. The van der Waals surface area contributed by atoms with Crippen LogP contribution in [0.2, 0.25) is 0 Å². The molecule has 396 valence electrons. The van der Waals surface area contributed by atoms with Crippen molar-refractivity contribution in [3.63, 3.8) is 0 Å². The van der Waals surface area contributed by atoms with E-state index in [-0.39, 0.29) is 16.7 Å². The number of para-hydroxylation sites is 3. The predicted octanol–water partition coefficient (Wildman–Crippen LogP) is 14.3. The number of allylic oxidation sites excluding steroid dienone is 5. The molecule has 3 atom stereocenters. The molecule has 0 N–H and O–H groups in total. The van der Waals surface area contributed by atoms with Gasteiger partial charge in [-0.25, -0.2) is 0 Å². The molecule has 0 saturated carbocycles. The highest BCUT2D eigenvalue weighted by atomic mass is 28.3. The molecule has 2 aromatic heterocycles. The van der Waals surface area contributed by atoms with Crippen molar-refractivity contribution in [3.8, 4) is 11.4 Å². The third-order valence-corrected chi connectivity index (χ3v) is 28.8. The average molecular weight is 1090 g/mol. The molecule has 4 heterocycles. The maximum atomic E-state index is 2.83. The van der Waals surface area contributed by atoms with Crippen LogP contribution in [0.3, 0.4) is 0 Å². The molecule has 0 radical (unpaired) electrons. The van der Waals surface area contributed by atoms with Gasteiger partial charge in [0.2, 0.25) is 0 Å². The molecule has 82 heavy (non-hydrogen) atoms. The van der Waals surface area contributed by atoms with Crippen LogP contribution >= 0.6 is 0 Å². The fourth-order valence-electron chi connectivity index (χ4n) is 15.4. The van der Waals surface area contributed by atoms with Gasteiger partial charge in [0.05, 0.1) is 22.1 Å².